The van der Waals surface area contributed by atoms with Crippen LogP contribution in [0.5, 0.6) is 5.75 Å². The van der Waals surface area contributed by atoms with Gasteiger partial charge in [-0.15, -0.1) is 0 Å². The van der Waals surface area contributed by atoms with Gasteiger partial charge in [-0.25, -0.2) is 0 Å². The number of hydrogen-bond donors (Lipinski definition) is 1. The van der Waals surface area contributed by atoms with Crippen molar-refractivity contribution in [2.45, 2.75) is 6.92 Å². The van der Waals surface area contributed by atoms with Crippen LogP contribution in [0.2, 0.25) is 10.0 Å². The Bertz CT molecular complexity index is 659. The van der Waals surface area contributed by atoms with Crippen LogP contribution in [0.3, 0.4) is 0 Å². The van der Waals surface area contributed by atoms with E-state index in [0.29, 0.717) is 46.9 Å². The van der Waals surface area contributed by atoms with E-state index in [9.17, 15) is 4.79 Å². The van der Waals surface area contributed by atoms with Gasteiger partial charge in [0.15, 0.2) is 0 Å². The quantitative estimate of drug-likeness (QED) is 0.736. The Morgan fingerprint density at radius 1 is 1.04 bits per heavy atom. The summed E-state index contributed by atoms with van der Waals surface area (Å²) in [6, 6.07) is 11.8. The second-order valence-electron chi connectivity index (χ2n) is 4.65. The minimum atomic E-state index is -0.232. The maximum atomic E-state index is 12.2. The predicted octanol–water partition coefficient (Wildman–Crippen LogP) is 4.66. The third kappa shape index (κ3) is 5.43. The summed E-state index contributed by atoms with van der Waals surface area (Å²) in [7, 11) is 0. The number of anilines is 1. The van der Waals surface area contributed by atoms with Crippen LogP contribution in [0.1, 0.15) is 17.3 Å². The summed E-state index contributed by atoms with van der Waals surface area (Å²) in [5, 5.41) is 3.60. The van der Waals surface area contributed by atoms with Crippen molar-refractivity contribution in [2.24, 2.45) is 0 Å². The molecule has 0 aliphatic carbocycles. The lowest BCUT2D eigenvalue weighted by atomic mass is 10.2. The summed E-state index contributed by atoms with van der Waals surface area (Å²) in [6.45, 7) is 3.61. The topological polar surface area (TPSA) is 47.6 Å². The normalized spacial score (nSPS) is 10.4. The molecule has 0 radical (unpaired) electrons. The summed E-state index contributed by atoms with van der Waals surface area (Å²) in [5.41, 5.74) is 1.11. The lowest BCUT2D eigenvalue weighted by Crippen LogP contribution is -2.12. The third-order valence-corrected chi connectivity index (χ3v) is 3.73. The highest BCUT2D eigenvalue weighted by atomic mass is 35.5. The molecule has 6 heteroatoms. The highest BCUT2D eigenvalue weighted by Gasteiger charge is 2.07. The molecule has 0 aliphatic heterocycles. The van der Waals surface area contributed by atoms with Gasteiger partial charge in [-0.2, -0.15) is 0 Å². The molecule has 0 fully saturated rings. The van der Waals surface area contributed by atoms with E-state index in [1.54, 1.807) is 42.5 Å². The zero-order chi connectivity index (χ0) is 16.7. The van der Waals surface area contributed by atoms with E-state index in [0.717, 1.165) is 0 Å². The molecule has 122 valence electrons. The first-order valence-electron chi connectivity index (χ1n) is 7.17. The van der Waals surface area contributed by atoms with Crippen molar-refractivity contribution in [1.29, 1.82) is 0 Å². The lowest BCUT2D eigenvalue weighted by molar-refractivity contribution is 0.102. The second kappa shape index (κ2) is 8.77. The third-order valence-electron chi connectivity index (χ3n) is 2.99. The SMILES string of the molecule is CCOCCOc1ccc(C(=O)Nc2ccc(Cl)c(Cl)c2)cc1. The Morgan fingerprint density at radius 3 is 2.43 bits per heavy atom. The van der Waals surface area contributed by atoms with E-state index in [-0.39, 0.29) is 5.91 Å². The van der Waals surface area contributed by atoms with Gasteiger partial charge in [0.2, 0.25) is 0 Å². The molecule has 0 spiro atoms. The van der Waals surface area contributed by atoms with Gasteiger partial charge in [0.05, 0.1) is 16.7 Å². The summed E-state index contributed by atoms with van der Waals surface area (Å²) < 4.78 is 10.7. The Kier molecular flexibility index (Phi) is 6.71. The van der Waals surface area contributed by atoms with Crippen LogP contribution in [0.25, 0.3) is 0 Å². The van der Waals surface area contributed by atoms with Crippen LogP contribution < -0.4 is 10.1 Å². The molecule has 2 aromatic carbocycles. The van der Waals surface area contributed by atoms with Crippen molar-refractivity contribution in [2.75, 3.05) is 25.1 Å². The molecule has 0 heterocycles. The molecule has 2 aromatic rings. The number of halogens is 2. The fraction of sp³-hybridized carbons (Fsp3) is 0.235. The molecule has 1 N–H and O–H groups in total. The number of benzene rings is 2. The van der Waals surface area contributed by atoms with Crippen molar-refractivity contribution < 1.29 is 14.3 Å². The van der Waals surface area contributed by atoms with Crippen molar-refractivity contribution in [1.82, 2.24) is 0 Å². The zero-order valence-corrected chi connectivity index (χ0v) is 14.2. The van der Waals surface area contributed by atoms with E-state index in [4.69, 9.17) is 32.7 Å². The van der Waals surface area contributed by atoms with Crippen LogP contribution in [-0.4, -0.2) is 25.7 Å². The minimum Gasteiger partial charge on any atom is -0.491 e. The molecule has 0 aromatic heterocycles. The first-order chi connectivity index (χ1) is 11.1. The summed E-state index contributed by atoms with van der Waals surface area (Å²) >= 11 is 11.8. The van der Waals surface area contributed by atoms with Gasteiger partial charge in [-0.1, -0.05) is 23.2 Å². The lowest BCUT2D eigenvalue weighted by Gasteiger charge is -2.08. The highest BCUT2D eigenvalue weighted by Crippen LogP contribution is 2.25. The zero-order valence-electron chi connectivity index (χ0n) is 12.6. The molecular formula is C17H17Cl2NO3. The van der Waals surface area contributed by atoms with Crippen LogP contribution in [0.15, 0.2) is 42.5 Å². The molecule has 0 aliphatic rings. The van der Waals surface area contributed by atoms with Crippen molar-refractivity contribution in [3.05, 3.63) is 58.1 Å². The van der Waals surface area contributed by atoms with E-state index in [2.05, 4.69) is 5.32 Å². The Balaban J connectivity index is 1.93. The van der Waals surface area contributed by atoms with Gasteiger partial charge >= 0.3 is 0 Å². The average molecular weight is 354 g/mol. The number of amides is 1. The maximum absolute atomic E-state index is 12.2. The molecule has 0 bridgehead atoms. The Morgan fingerprint density at radius 2 is 1.78 bits per heavy atom. The molecule has 1 amide bonds. The Hall–Kier alpha value is -1.75. The number of hydrogen-bond acceptors (Lipinski definition) is 3. The fourth-order valence-electron chi connectivity index (χ4n) is 1.84. The van der Waals surface area contributed by atoms with Crippen LogP contribution in [0, 0.1) is 0 Å². The average Bonchev–Trinajstić information content (AvgIpc) is 2.55. The Labute approximate surface area is 145 Å². The minimum absolute atomic E-state index is 0.232. The standard InChI is InChI=1S/C17H17Cl2NO3/c1-2-22-9-10-23-14-6-3-12(4-7-14)17(21)20-13-5-8-15(18)16(19)11-13/h3-8,11H,2,9-10H2,1H3,(H,20,21). The second-order valence-corrected chi connectivity index (χ2v) is 5.47. The van der Waals surface area contributed by atoms with E-state index in [1.807, 2.05) is 6.92 Å². The number of carbonyl (C=O) groups is 1. The van der Waals surface area contributed by atoms with E-state index >= 15 is 0 Å². The van der Waals surface area contributed by atoms with Gasteiger partial charge in [0.25, 0.3) is 5.91 Å². The summed E-state index contributed by atoms with van der Waals surface area (Å²) in [4.78, 5) is 12.2. The smallest absolute Gasteiger partial charge is 0.255 e. The predicted molar refractivity (Wildman–Crippen MR) is 92.8 cm³/mol. The molecule has 2 rings (SSSR count). The molecule has 4 nitrogen and oxygen atoms in total. The number of nitrogens with one attached hydrogen (secondary N) is 1. The van der Waals surface area contributed by atoms with Gasteiger partial charge in [0.1, 0.15) is 12.4 Å². The van der Waals surface area contributed by atoms with Crippen molar-refractivity contribution in [3.8, 4) is 5.75 Å². The van der Waals surface area contributed by atoms with Gasteiger partial charge in [-0.05, 0) is 49.4 Å². The van der Waals surface area contributed by atoms with Crippen LogP contribution in [0.4, 0.5) is 5.69 Å². The largest absolute Gasteiger partial charge is 0.491 e. The van der Waals surface area contributed by atoms with Gasteiger partial charge in [0, 0.05) is 17.9 Å². The number of ether oxygens (including phenoxy) is 2. The van der Waals surface area contributed by atoms with E-state index < -0.39 is 0 Å². The first-order valence-corrected chi connectivity index (χ1v) is 7.92. The maximum Gasteiger partial charge on any atom is 0.255 e. The van der Waals surface area contributed by atoms with Crippen LogP contribution in [-0.2, 0) is 4.74 Å². The monoisotopic (exact) mass is 353 g/mol. The van der Waals surface area contributed by atoms with Gasteiger partial charge in [-0.3, -0.25) is 4.79 Å². The van der Waals surface area contributed by atoms with Gasteiger partial charge < -0.3 is 14.8 Å². The van der Waals surface area contributed by atoms with Crippen molar-refractivity contribution >= 4 is 34.8 Å². The van der Waals surface area contributed by atoms with E-state index in [1.165, 1.54) is 0 Å². The fourth-order valence-corrected chi connectivity index (χ4v) is 2.14. The molecule has 0 unspecified atom stereocenters. The molecule has 0 saturated carbocycles. The number of carbonyl (C=O) groups excluding carboxylic acids is 1. The van der Waals surface area contributed by atoms with Crippen LogP contribution >= 0.6 is 23.2 Å². The summed E-state index contributed by atoms with van der Waals surface area (Å²) in [6.07, 6.45) is 0. The van der Waals surface area contributed by atoms with Crippen molar-refractivity contribution in [3.63, 3.8) is 0 Å². The molecular weight excluding hydrogens is 337 g/mol. The molecule has 23 heavy (non-hydrogen) atoms. The first kappa shape index (κ1) is 17.6. The molecule has 0 atom stereocenters. The number of rotatable bonds is 7. The molecule has 0 saturated heterocycles. The highest BCUT2D eigenvalue weighted by molar-refractivity contribution is 6.42. The summed E-state index contributed by atoms with van der Waals surface area (Å²) in [5.74, 6) is 0.458.